The number of aromatic nitrogens is 2. The Kier molecular flexibility index (Phi) is 12.3. The predicted molar refractivity (Wildman–Crippen MR) is 135 cm³/mol. The van der Waals surface area contributed by atoms with Crippen LogP contribution in [0.15, 0.2) is 48.5 Å². The van der Waals surface area contributed by atoms with Crippen LogP contribution in [0.2, 0.25) is 0 Å². The number of halogens is 1. The van der Waals surface area contributed by atoms with E-state index in [1.54, 1.807) is 28.9 Å². The number of carbonyl (C=O) groups excluding carboxylic acids is 2. The average molecular weight is 545 g/mol. The molecule has 0 saturated heterocycles. The molecular weight excluding hydrogens is 514 g/mol. The number of amides is 1. The predicted octanol–water partition coefficient (Wildman–Crippen LogP) is -0.875. The van der Waals surface area contributed by atoms with E-state index in [-0.39, 0.29) is 67.0 Å². The van der Waals surface area contributed by atoms with Gasteiger partial charge < -0.3 is 25.4 Å². The van der Waals surface area contributed by atoms with Crippen molar-refractivity contribution in [2.24, 2.45) is 0 Å². The molecule has 0 aliphatic carbocycles. The molecule has 1 heterocycles. The first-order chi connectivity index (χ1) is 18.1. The van der Waals surface area contributed by atoms with Crippen LogP contribution in [0.25, 0.3) is 5.69 Å². The van der Waals surface area contributed by atoms with Crippen molar-refractivity contribution in [1.29, 1.82) is 5.26 Å². The van der Waals surface area contributed by atoms with Gasteiger partial charge in [0.2, 0.25) is 0 Å². The van der Waals surface area contributed by atoms with Crippen molar-refractivity contribution in [3.63, 3.8) is 0 Å². The van der Waals surface area contributed by atoms with E-state index in [4.69, 9.17) is 5.26 Å². The molecule has 9 nitrogen and oxygen atoms in total. The summed E-state index contributed by atoms with van der Waals surface area (Å²) < 4.78 is 15.2. The number of nitriles is 1. The van der Waals surface area contributed by atoms with Gasteiger partial charge in [0, 0.05) is 30.2 Å². The number of nitrogens with one attached hydrogen (secondary N) is 1. The van der Waals surface area contributed by atoms with Gasteiger partial charge in [-0.15, -0.1) is 0 Å². The fourth-order valence-electron chi connectivity index (χ4n) is 4.30. The van der Waals surface area contributed by atoms with E-state index in [1.165, 1.54) is 24.3 Å². The second-order valence-corrected chi connectivity index (χ2v) is 9.40. The van der Waals surface area contributed by atoms with Crippen LogP contribution >= 0.6 is 0 Å². The van der Waals surface area contributed by atoms with Gasteiger partial charge in [-0.3, -0.25) is 4.79 Å². The van der Waals surface area contributed by atoms with Crippen molar-refractivity contribution in [2.45, 2.75) is 64.2 Å². The number of aliphatic hydroxyl groups is 2. The zero-order valence-corrected chi connectivity index (χ0v) is 24.2. The molecule has 3 rings (SSSR count). The molecule has 0 bridgehead atoms. The van der Waals surface area contributed by atoms with Gasteiger partial charge in [0.25, 0.3) is 5.91 Å². The summed E-state index contributed by atoms with van der Waals surface area (Å²) in [4.78, 5) is 24.0. The molecule has 39 heavy (non-hydrogen) atoms. The van der Waals surface area contributed by atoms with Crippen molar-refractivity contribution in [3.8, 4) is 11.8 Å². The van der Waals surface area contributed by atoms with Crippen LogP contribution in [0.3, 0.4) is 0 Å². The second kappa shape index (κ2) is 14.9. The summed E-state index contributed by atoms with van der Waals surface area (Å²) in [5.41, 5.74) is 3.22. The quantitative estimate of drug-likeness (QED) is 0.251. The van der Waals surface area contributed by atoms with Crippen LogP contribution in [-0.2, 0) is 17.8 Å². The first kappa shape index (κ1) is 32.1. The molecule has 1 amide bonds. The number of carbonyl (C=O) groups is 2. The Morgan fingerprint density at radius 1 is 1.15 bits per heavy atom. The van der Waals surface area contributed by atoms with E-state index >= 15 is 0 Å². The molecular formula is C28H30FN4NaO5. The maximum atomic E-state index is 13.6. The van der Waals surface area contributed by atoms with E-state index < -0.39 is 36.3 Å². The first-order valence-electron chi connectivity index (χ1n) is 12.3. The molecule has 0 spiro atoms. The number of carboxylic acids is 1. The van der Waals surface area contributed by atoms with Crippen molar-refractivity contribution < 1.29 is 58.9 Å². The normalized spacial score (nSPS) is 12.3. The van der Waals surface area contributed by atoms with Crippen LogP contribution in [0.4, 0.5) is 4.39 Å². The standard InChI is InChI=1S/C28H31FN4O5.Na/c1-17(2)26-24(11-10-22(34)13-23(35)14-25(36)37)33(21-8-6-20(29)7-9-21)32-27(26)28(38)31-16-19-5-3-4-18(12-19)15-30;/h3-9,12,17,22-23,34-35H,10-11,13-14,16H2,1-2H3,(H,31,38)(H,36,37);/q;+1/p-1/t22-,23-;/m1./s1. The van der Waals surface area contributed by atoms with Crippen molar-refractivity contribution >= 4 is 11.9 Å². The van der Waals surface area contributed by atoms with Gasteiger partial charge in [0.15, 0.2) is 5.69 Å². The monoisotopic (exact) mass is 544 g/mol. The molecule has 0 fully saturated rings. The van der Waals surface area contributed by atoms with Crippen LogP contribution < -0.4 is 40.0 Å². The topological polar surface area (TPSA) is 151 Å². The van der Waals surface area contributed by atoms with Crippen LogP contribution in [0.1, 0.15) is 71.9 Å². The fraction of sp³-hybridized carbons (Fsp3) is 0.357. The van der Waals surface area contributed by atoms with Gasteiger partial charge in [-0.25, -0.2) is 9.07 Å². The van der Waals surface area contributed by atoms with Crippen LogP contribution in [-0.4, -0.2) is 44.1 Å². The molecule has 200 valence electrons. The Labute approximate surface area is 248 Å². The maximum absolute atomic E-state index is 13.6. The third-order valence-electron chi connectivity index (χ3n) is 6.06. The van der Waals surface area contributed by atoms with E-state index in [1.807, 2.05) is 13.8 Å². The molecule has 2 atom stereocenters. The summed E-state index contributed by atoms with van der Waals surface area (Å²) in [6.07, 6.45) is -2.56. The van der Waals surface area contributed by atoms with Gasteiger partial charge in [-0.2, -0.15) is 10.4 Å². The number of hydrogen-bond acceptors (Lipinski definition) is 7. The van der Waals surface area contributed by atoms with E-state index in [9.17, 15) is 29.3 Å². The summed E-state index contributed by atoms with van der Waals surface area (Å²) in [5.74, 6) is -2.40. The number of carboxylic acid groups (broad SMARTS) is 1. The molecule has 1 aromatic heterocycles. The first-order valence-corrected chi connectivity index (χ1v) is 12.3. The number of aliphatic hydroxyl groups excluding tert-OH is 2. The Morgan fingerprint density at radius 3 is 2.46 bits per heavy atom. The Hall–Kier alpha value is -3.07. The van der Waals surface area contributed by atoms with Gasteiger partial charge in [0.1, 0.15) is 5.82 Å². The third-order valence-corrected chi connectivity index (χ3v) is 6.06. The van der Waals surface area contributed by atoms with Crippen molar-refractivity contribution in [1.82, 2.24) is 15.1 Å². The van der Waals surface area contributed by atoms with Gasteiger partial charge >= 0.3 is 29.6 Å². The molecule has 0 aliphatic heterocycles. The molecule has 0 unspecified atom stereocenters. The van der Waals surface area contributed by atoms with Crippen LogP contribution in [0, 0.1) is 17.1 Å². The number of nitrogens with zero attached hydrogens (tertiary/aromatic N) is 3. The summed E-state index contributed by atoms with van der Waals surface area (Å²) >= 11 is 0. The minimum Gasteiger partial charge on any atom is -0.550 e. The van der Waals surface area contributed by atoms with Gasteiger partial charge in [-0.1, -0.05) is 26.0 Å². The van der Waals surface area contributed by atoms with Gasteiger partial charge in [0.05, 0.1) is 29.5 Å². The molecule has 0 aliphatic rings. The van der Waals surface area contributed by atoms with Gasteiger partial charge in [-0.05, 0) is 67.1 Å². The zero-order valence-electron chi connectivity index (χ0n) is 22.2. The molecule has 3 aromatic rings. The second-order valence-electron chi connectivity index (χ2n) is 9.40. The SMILES string of the molecule is CC(C)c1c(C(=O)NCc2cccc(C#N)c2)nn(-c2ccc(F)cc2)c1CC[C@@H](O)C[C@@H](O)CC(=O)[O-].[Na+]. The minimum atomic E-state index is -1.41. The number of hydrogen-bond donors (Lipinski definition) is 3. The number of aliphatic carboxylic acids is 1. The third kappa shape index (κ3) is 8.98. The largest absolute Gasteiger partial charge is 1.00 e. The van der Waals surface area contributed by atoms with Crippen molar-refractivity contribution in [2.75, 3.05) is 0 Å². The maximum Gasteiger partial charge on any atom is 1.00 e. The van der Waals surface area contributed by atoms with E-state index in [2.05, 4.69) is 16.5 Å². The summed E-state index contributed by atoms with van der Waals surface area (Å²) in [5, 5.41) is 47.5. The Morgan fingerprint density at radius 2 is 1.85 bits per heavy atom. The Bertz CT molecular complexity index is 1320. The molecule has 2 aromatic carbocycles. The summed E-state index contributed by atoms with van der Waals surface area (Å²) in [7, 11) is 0. The molecule has 11 heteroatoms. The number of rotatable bonds is 12. The molecule has 0 saturated carbocycles. The smallest absolute Gasteiger partial charge is 0.550 e. The van der Waals surface area contributed by atoms with Crippen LogP contribution in [0.5, 0.6) is 0 Å². The molecule has 3 N–H and O–H groups in total. The zero-order chi connectivity index (χ0) is 27.8. The Balaban J connectivity index is 0.00000533. The average Bonchev–Trinajstić information content (AvgIpc) is 3.26. The number of benzene rings is 2. The van der Waals surface area contributed by atoms with Crippen molar-refractivity contribution in [3.05, 3.63) is 82.4 Å². The van der Waals surface area contributed by atoms with E-state index in [0.717, 1.165) is 5.56 Å². The minimum absolute atomic E-state index is 0. The fourth-order valence-corrected chi connectivity index (χ4v) is 4.30. The van der Waals surface area contributed by atoms with E-state index in [0.29, 0.717) is 22.5 Å². The summed E-state index contributed by atoms with van der Waals surface area (Å²) in [6, 6.07) is 14.6. The molecule has 0 radical (unpaired) electrons. The summed E-state index contributed by atoms with van der Waals surface area (Å²) in [6.45, 7) is 3.99.